The van der Waals surface area contributed by atoms with Crippen LogP contribution in [0.3, 0.4) is 0 Å². The summed E-state index contributed by atoms with van der Waals surface area (Å²) >= 11 is 3.21. The molecule has 1 heterocycles. The summed E-state index contributed by atoms with van der Waals surface area (Å²) < 4.78 is 3.16. The van der Waals surface area contributed by atoms with Crippen molar-refractivity contribution in [3.63, 3.8) is 0 Å². The highest BCUT2D eigenvalue weighted by Crippen LogP contribution is 2.23. The Balaban J connectivity index is 2.08. The van der Waals surface area contributed by atoms with Gasteiger partial charge >= 0.3 is 0 Å². The summed E-state index contributed by atoms with van der Waals surface area (Å²) in [7, 11) is 1.97. The molecule has 3 aromatic rings. The zero-order valence-corrected chi connectivity index (χ0v) is 15.2. The van der Waals surface area contributed by atoms with Gasteiger partial charge in [0.05, 0.1) is 10.2 Å². The summed E-state index contributed by atoms with van der Waals surface area (Å²) in [6.07, 6.45) is 2.02. The molecule has 2 aromatic carbocycles. The van der Waals surface area contributed by atoms with Crippen LogP contribution in [0.25, 0.3) is 10.2 Å². The molecule has 0 bridgehead atoms. The monoisotopic (exact) mass is 342 g/mol. The van der Waals surface area contributed by atoms with Crippen molar-refractivity contribution in [2.24, 2.45) is 12.0 Å². The Morgan fingerprint density at radius 3 is 2.48 bits per heavy atom. The third-order valence-electron chi connectivity index (χ3n) is 4.02. The van der Waals surface area contributed by atoms with Crippen LogP contribution in [0, 0.1) is 13.8 Å². The van der Waals surface area contributed by atoms with E-state index in [1.54, 1.807) is 23.1 Å². The standard InChI is InChI=1S/C18H18N2OS2/c1-11-5-10-15-16(12(11)2)20(3)18(23-15)19-17(21)13-6-8-14(22-4)9-7-13/h5-10H,1-4H3. The van der Waals surface area contributed by atoms with Gasteiger partial charge in [-0.2, -0.15) is 4.99 Å². The van der Waals surface area contributed by atoms with E-state index in [9.17, 15) is 4.79 Å². The fraction of sp³-hybridized carbons (Fsp3) is 0.222. The second kappa shape index (κ2) is 6.34. The van der Waals surface area contributed by atoms with Crippen LogP contribution < -0.4 is 4.80 Å². The zero-order chi connectivity index (χ0) is 16.6. The van der Waals surface area contributed by atoms with Crippen LogP contribution >= 0.6 is 23.1 Å². The minimum atomic E-state index is -0.200. The fourth-order valence-electron chi connectivity index (χ4n) is 2.52. The molecule has 3 nitrogen and oxygen atoms in total. The number of hydrogen-bond donors (Lipinski definition) is 0. The van der Waals surface area contributed by atoms with Crippen LogP contribution in [0.15, 0.2) is 46.3 Å². The Morgan fingerprint density at radius 2 is 1.83 bits per heavy atom. The first-order valence-corrected chi connectivity index (χ1v) is 9.34. The van der Waals surface area contributed by atoms with E-state index in [1.807, 2.05) is 42.1 Å². The Kier molecular flexibility index (Phi) is 4.41. The number of amides is 1. The summed E-state index contributed by atoms with van der Waals surface area (Å²) in [6.45, 7) is 4.21. The van der Waals surface area contributed by atoms with Gasteiger partial charge in [0.2, 0.25) is 0 Å². The molecule has 0 aliphatic carbocycles. The predicted octanol–water partition coefficient (Wildman–Crippen LogP) is 4.32. The van der Waals surface area contributed by atoms with Crippen molar-refractivity contribution in [1.82, 2.24) is 4.57 Å². The van der Waals surface area contributed by atoms with Gasteiger partial charge in [0.1, 0.15) is 0 Å². The topological polar surface area (TPSA) is 34.4 Å². The van der Waals surface area contributed by atoms with Crippen LogP contribution in [0.5, 0.6) is 0 Å². The highest BCUT2D eigenvalue weighted by Gasteiger charge is 2.10. The molecule has 0 radical (unpaired) electrons. The molecule has 0 fully saturated rings. The van der Waals surface area contributed by atoms with Crippen molar-refractivity contribution < 1.29 is 4.79 Å². The summed E-state index contributed by atoms with van der Waals surface area (Å²) in [5.74, 6) is -0.200. The van der Waals surface area contributed by atoms with Crippen molar-refractivity contribution in [2.75, 3.05) is 6.26 Å². The van der Waals surface area contributed by atoms with E-state index in [2.05, 4.69) is 31.0 Å². The molecule has 0 aliphatic rings. The number of fused-ring (bicyclic) bond motifs is 1. The molecule has 0 aliphatic heterocycles. The van der Waals surface area contributed by atoms with Gasteiger partial charge in [-0.15, -0.1) is 11.8 Å². The predicted molar refractivity (Wildman–Crippen MR) is 98.4 cm³/mol. The number of carbonyl (C=O) groups is 1. The first-order valence-electron chi connectivity index (χ1n) is 7.30. The Morgan fingerprint density at radius 1 is 1.13 bits per heavy atom. The Labute approximate surface area is 143 Å². The number of aryl methyl sites for hydroxylation is 3. The first kappa shape index (κ1) is 16.0. The van der Waals surface area contributed by atoms with E-state index in [-0.39, 0.29) is 5.91 Å². The van der Waals surface area contributed by atoms with Gasteiger partial charge in [0.15, 0.2) is 4.80 Å². The van der Waals surface area contributed by atoms with E-state index in [0.29, 0.717) is 5.56 Å². The minimum absolute atomic E-state index is 0.200. The second-order valence-corrected chi connectivity index (χ2v) is 7.33. The molecule has 0 atom stereocenters. The average molecular weight is 342 g/mol. The number of rotatable bonds is 2. The van der Waals surface area contributed by atoms with Gasteiger partial charge in [-0.25, -0.2) is 0 Å². The number of hydrogen-bond acceptors (Lipinski definition) is 3. The van der Waals surface area contributed by atoms with E-state index < -0.39 is 0 Å². The summed E-state index contributed by atoms with van der Waals surface area (Å²) in [6, 6.07) is 11.8. The Hall–Kier alpha value is -1.85. The first-order chi connectivity index (χ1) is 11.0. The number of benzene rings is 2. The molecule has 1 amide bonds. The van der Waals surface area contributed by atoms with Gasteiger partial charge in [0.25, 0.3) is 5.91 Å². The third kappa shape index (κ3) is 2.99. The van der Waals surface area contributed by atoms with Crippen LogP contribution in [0.2, 0.25) is 0 Å². The van der Waals surface area contributed by atoms with Crippen molar-refractivity contribution in [2.45, 2.75) is 18.7 Å². The largest absolute Gasteiger partial charge is 0.319 e. The molecule has 0 unspecified atom stereocenters. The molecule has 5 heteroatoms. The van der Waals surface area contributed by atoms with Crippen molar-refractivity contribution in [3.8, 4) is 0 Å². The van der Waals surface area contributed by atoms with Crippen LogP contribution in [0.4, 0.5) is 0 Å². The maximum atomic E-state index is 12.4. The van der Waals surface area contributed by atoms with Crippen LogP contribution in [-0.2, 0) is 7.05 Å². The minimum Gasteiger partial charge on any atom is -0.319 e. The van der Waals surface area contributed by atoms with Crippen LogP contribution in [-0.4, -0.2) is 16.7 Å². The average Bonchev–Trinajstić information content (AvgIpc) is 2.88. The number of carbonyl (C=O) groups excluding carboxylic acids is 1. The molecule has 118 valence electrons. The lowest BCUT2D eigenvalue weighted by Gasteiger charge is -2.03. The molecule has 3 rings (SSSR count). The SMILES string of the molecule is CSc1ccc(C(=O)N=c2sc3ccc(C)c(C)c3n2C)cc1. The maximum absolute atomic E-state index is 12.4. The maximum Gasteiger partial charge on any atom is 0.279 e. The van der Waals surface area contributed by atoms with E-state index in [4.69, 9.17) is 0 Å². The molecular formula is C18H18N2OS2. The quantitative estimate of drug-likeness (QED) is 0.650. The number of thioether (sulfide) groups is 1. The number of aromatic nitrogens is 1. The molecule has 0 saturated heterocycles. The van der Waals surface area contributed by atoms with Gasteiger partial charge in [-0.3, -0.25) is 4.79 Å². The lowest BCUT2D eigenvalue weighted by atomic mass is 10.1. The van der Waals surface area contributed by atoms with Gasteiger partial charge in [-0.1, -0.05) is 17.4 Å². The Bertz CT molecular complexity index is 950. The molecule has 0 saturated carbocycles. The number of nitrogens with zero attached hydrogens (tertiary/aromatic N) is 2. The van der Waals surface area contributed by atoms with Gasteiger partial charge < -0.3 is 4.57 Å². The molecule has 1 aromatic heterocycles. The van der Waals surface area contributed by atoms with E-state index in [1.165, 1.54) is 11.1 Å². The van der Waals surface area contributed by atoms with Crippen LogP contribution in [0.1, 0.15) is 21.5 Å². The molecule has 0 N–H and O–H groups in total. The van der Waals surface area contributed by atoms with Crippen molar-refractivity contribution in [3.05, 3.63) is 57.9 Å². The lowest BCUT2D eigenvalue weighted by molar-refractivity contribution is 0.0998. The van der Waals surface area contributed by atoms with Gasteiger partial charge in [0, 0.05) is 17.5 Å². The molecular weight excluding hydrogens is 324 g/mol. The summed E-state index contributed by atoms with van der Waals surface area (Å²) in [4.78, 5) is 18.6. The summed E-state index contributed by atoms with van der Waals surface area (Å²) in [5, 5.41) is 0. The summed E-state index contributed by atoms with van der Waals surface area (Å²) in [5.41, 5.74) is 4.25. The lowest BCUT2D eigenvalue weighted by Crippen LogP contribution is -2.13. The van der Waals surface area contributed by atoms with Crippen molar-refractivity contribution in [1.29, 1.82) is 0 Å². The van der Waals surface area contributed by atoms with Gasteiger partial charge in [-0.05, 0) is 61.6 Å². The van der Waals surface area contributed by atoms with E-state index >= 15 is 0 Å². The highest BCUT2D eigenvalue weighted by molar-refractivity contribution is 7.98. The number of thiazole rings is 1. The second-order valence-electron chi connectivity index (χ2n) is 5.44. The molecule has 0 spiro atoms. The fourth-order valence-corrected chi connectivity index (χ4v) is 4.01. The molecule has 23 heavy (non-hydrogen) atoms. The highest BCUT2D eigenvalue weighted by atomic mass is 32.2. The van der Waals surface area contributed by atoms with E-state index in [0.717, 1.165) is 19.9 Å². The zero-order valence-electron chi connectivity index (χ0n) is 13.6. The van der Waals surface area contributed by atoms with Crippen molar-refractivity contribution >= 4 is 39.2 Å². The smallest absolute Gasteiger partial charge is 0.279 e. The third-order valence-corrected chi connectivity index (χ3v) is 5.86. The normalized spacial score (nSPS) is 12.1.